The van der Waals surface area contributed by atoms with Crippen LogP contribution in [0.5, 0.6) is 5.75 Å². The number of nitriles is 1. The van der Waals surface area contributed by atoms with Gasteiger partial charge in [0.2, 0.25) is 0 Å². The lowest BCUT2D eigenvalue weighted by Crippen LogP contribution is -2.45. The molecule has 3 aliphatic rings. The van der Waals surface area contributed by atoms with E-state index >= 15 is 0 Å². The van der Waals surface area contributed by atoms with Crippen molar-refractivity contribution in [2.24, 2.45) is 0 Å². The van der Waals surface area contributed by atoms with E-state index in [0.29, 0.717) is 54.3 Å². The average Bonchev–Trinajstić information content (AvgIpc) is 3.49. The van der Waals surface area contributed by atoms with Crippen LogP contribution in [0.15, 0.2) is 60.7 Å². The summed E-state index contributed by atoms with van der Waals surface area (Å²) in [5, 5.41) is 32.9. The van der Waals surface area contributed by atoms with Crippen molar-refractivity contribution in [2.75, 3.05) is 24.6 Å². The fourth-order valence-electron chi connectivity index (χ4n) is 5.94. The number of carboxylic acids is 1. The molecule has 3 aliphatic heterocycles. The third kappa shape index (κ3) is 9.71. The SMILES string of the molecule is CC.CC(C)(C)O.Cc1nc2cc3nn2c(c1CC(=O)O)N1CCC(C)(CC1)OC/C=C\CC(C)Oc1ccc(C#N)cc1-c1cccc-3c1. The van der Waals surface area contributed by atoms with Crippen LogP contribution >= 0.6 is 0 Å². The number of aromatic nitrogens is 3. The van der Waals surface area contributed by atoms with Gasteiger partial charge in [0.1, 0.15) is 11.6 Å². The lowest BCUT2D eigenvalue weighted by atomic mass is 9.93. The summed E-state index contributed by atoms with van der Waals surface area (Å²) in [6.45, 7) is 17.2. The van der Waals surface area contributed by atoms with Gasteiger partial charge >= 0.3 is 5.97 Å². The second-order valence-corrected chi connectivity index (χ2v) is 13.8. The lowest BCUT2D eigenvalue weighted by molar-refractivity contribution is -0.136. The Kier molecular flexibility index (Phi) is 12.4. The molecule has 0 amide bonds. The smallest absolute Gasteiger partial charge is 0.308 e. The molecule has 7 rings (SSSR count). The van der Waals surface area contributed by atoms with Crippen LogP contribution in [-0.2, 0) is 16.0 Å². The van der Waals surface area contributed by atoms with Gasteiger partial charge in [0.25, 0.3) is 0 Å². The standard InChI is InChI=1S/C34H35N5O4.C4H10O.C2H6/c1-22-7-4-5-16-42-34(3)12-14-38(15-13-34)33-27(19-32(40)41)23(2)36-31-20-29(37-39(31)33)26-9-6-8-25(18-26)28-17-24(21-35)10-11-30(28)43-22;1-4(2,3)5;1-2/h4-6,8-11,17-18,20,22H,7,12-16,19H2,1-3H3,(H,40,41);5H,1-3H3;1-2H3/b5-4-;;. The summed E-state index contributed by atoms with van der Waals surface area (Å²) in [7, 11) is 0. The highest BCUT2D eigenvalue weighted by molar-refractivity contribution is 5.78. The first kappa shape index (κ1) is 38.1. The van der Waals surface area contributed by atoms with E-state index in [1.807, 2.05) is 76.2 Å². The number of aryl methyl sites for hydroxylation is 1. The summed E-state index contributed by atoms with van der Waals surface area (Å²) in [5.41, 5.74) is 5.10. The largest absolute Gasteiger partial charge is 0.490 e. The molecule has 10 heteroatoms. The van der Waals surface area contributed by atoms with Gasteiger partial charge in [0.05, 0.1) is 47.7 Å². The fraction of sp³-hybridized carbons (Fsp3) is 0.450. The van der Waals surface area contributed by atoms with Crippen LogP contribution in [0.25, 0.3) is 28.0 Å². The van der Waals surface area contributed by atoms with Crippen LogP contribution in [0.4, 0.5) is 5.82 Å². The molecule has 50 heavy (non-hydrogen) atoms. The topological polar surface area (TPSA) is 133 Å². The Morgan fingerprint density at radius 3 is 2.42 bits per heavy atom. The second-order valence-electron chi connectivity index (χ2n) is 13.8. The molecule has 0 aliphatic carbocycles. The number of carboxylic acid groups (broad SMARTS) is 1. The van der Waals surface area contributed by atoms with Gasteiger partial charge < -0.3 is 24.6 Å². The van der Waals surface area contributed by atoms with Crippen molar-refractivity contribution in [3.8, 4) is 34.2 Å². The third-order valence-electron chi connectivity index (χ3n) is 8.40. The van der Waals surface area contributed by atoms with Crippen LogP contribution in [0.1, 0.15) is 84.5 Å². The molecule has 1 saturated heterocycles. The average molecular weight is 682 g/mol. The molecule has 6 bridgehead atoms. The molecule has 1 unspecified atom stereocenters. The van der Waals surface area contributed by atoms with Crippen molar-refractivity contribution < 1.29 is 24.5 Å². The Labute approximate surface area is 296 Å². The van der Waals surface area contributed by atoms with Gasteiger partial charge in [0, 0.05) is 48.0 Å². The minimum atomic E-state index is -0.907. The van der Waals surface area contributed by atoms with Gasteiger partial charge in [-0.1, -0.05) is 44.2 Å². The molecular weight excluding hydrogens is 630 g/mol. The first-order chi connectivity index (χ1) is 23.7. The van der Waals surface area contributed by atoms with Crippen LogP contribution in [-0.4, -0.2) is 67.8 Å². The Balaban J connectivity index is 0.000000738. The normalized spacial score (nSPS) is 19.5. The number of aliphatic hydroxyl groups is 1. The number of hydrogen-bond acceptors (Lipinski definition) is 8. The molecule has 2 N–H and O–H groups in total. The Bertz CT molecular complexity index is 1850. The molecule has 2 aromatic carbocycles. The van der Waals surface area contributed by atoms with E-state index in [0.717, 1.165) is 41.0 Å². The first-order valence-electron chi connectivity index (χ1n) is 17.4. The third-order valence-corrected chi connectivity index (χ3v) is 8.40. The minimum absolute atomic E-state index is 0.0817. The molecule has 1 atom stereocenters. The second kappa shape index (κ2) is 16.3. The summed E-state index contributed by atoms with van der Waals surface area (Å²) in [6, 6.07) is 17.7. The van der Waals surface area contributed by atoms with Gasteiger partial charge in [-0.3, -0.25) is 4.79 Å². The number of ether oxygens (including phenoxy) is 2. The van der Waals surface area contributed by atoms with Crippen molar-refractivity contribution in [3.63, 3.8) is 0 Å². The number of carbonyl (C=O) groups is 1. The summed E-state index contributed by atoms with van der Waals surface area (Å²) in [6.07, 6.45) is 6.23. The molecule has 10 nitrogen and oxygen atoms in total. The van der Waals surface area contributed by atoms with Crippen LogP contribution in [0, 0.1) is 18.3 Å². The van der Waals surface area contributed by atoms with Gasteiger partial charge in [-0.2, -0.15) is 14.9 Å². The zero-order valence-electron chi connectivity index (χ0n) is 30.7. The minimum Gasteiger partial charge on any atom is -0.490 e. The molecule has 1 fully saturated rings. The molecular formula is C40H51N5O5. The van der Waals surface area contributed by atoms with E-state index < -0.39 is 11.6 Å². The molecule has 0 spiro atoms. The van der Waals surface area contributed by atoms with Crippen molar-refractivity contribution in [1.82, 2.24) is 14.6 Å². The van der Waals surface area contributed by atoms with Crippen LogP contribution in [0.3, 0.4) is 0 Å². The van der Waals surface area contributed by atoms with Crippen LogP contribution < -0.4 is 9.64 Å². The first-order valence-corrected chi connectivity index (χ1v) is 17.4. The zero-order chi connectivity index (χ0) is 36.6. The van der Waals surface area contributed by atoms with Crippen LogP contribution in [0.2, 0.25) is 0 Å². The van der Waals surface area contributed by atoms with E-state index in [2.05, 4.69) is 24.0 Å². The maximum atomic E-state index is 11.9. The number of anilines is 1. The molecule has 2 aromatic heterocycles. The van der Waals surface area contributed by atoms with Crippen molar-refractivity contribution in [3.05, 3.63) is 77.5 Å². The fourth-order valence-corrected chi connectivity index (χ4v) is 5.94. The van der Waals surface area contributed by atoms with Crippen molar-refractivity contribution >= 4 is 17.4 Å². The summed E-state index contributed by atoms with van der Waals surface area (Å²) >= 11 is 0. The maximum Gasteiger partial charge on any atom is 0.308 e. The number of rotatable bonds is 2. The molecule has 4 aromatic rings. The highest BCUT2D eigenvalue weighted by Gasteiger charge is 2.33. The number of hydrogen-bond donors (Lipinski definition) is 2. The summed E-state index contributed by atoms with van der Waals surface area (Å²) in [5.74, 6) is 0.569. The van der Waals surface area contributed by atoms with Crippen molar-refractivity contribution in [2.45, 2.75) is 98.4 Å². The predicted molar refractivity (Wildman–Crippen MR) is 198 cm³/mol. The van der Waals surface area contributed by atoms with E-state index in [1.165, 1.54) is 0 Å². The number of piperidine rings is 1. The maximum absolute atomic E-state index is 11.9. The van der Waals surface area contributed by atoms with Gasteiger partial charge in [-0.15, -0.1) is 0 Å². The Hall–Kier alpha value is -4.72. The predicted octanol–water partition coefficient (Wildman–Crippen LogP) is 7.78. The monoisotopic (exact) mass is 681 g/mol. The van der Waals surface area contributed by atoms with Gasteiger partial charge in [-0.05, 0) is 84.2 Å². The van der Waals surface area contributed by atoms with E-state index in [1.54, 1.807) is 31.4 Å². The van der Waals surface area contributed by atoms with Gasteiger partial charge in [0.15, 0.2) is 5.65 Å². The Morgan fingerprint density at radius 1 is 1.08 bits per heavy atom. The lowest BCUT2D eigenvalue weighted by Gasteiger charge is -2.40. The van der Waals surface area contributed by atoms with E-state index in [9.17, 15) is 15.2 Å². The number of fused-ring (bicyclic) bond motifs is 7. The number of aliphatic carboxylic acids is 1. The number of benzene rings is 2. The highest BCUT2D eigenvalue weighted by atomic mass is 16.5. The van der Waals surface area contributed by atoms with Gasteiger partial charge in [-0.25, -0.2) is 4.98 Å². The molecule has 5 heterocycles. The Morgan fingerprint density at radius 2 is 1.76 bits per heavy atom. The highest BCUT2D eigenvalue weighted by Crippen LogP contribution is 2.36. The molecule has 0 saturated carbocycles. The molecule has 0 radical (unpaired) electrons. The van der Waals surface area contributed by atoms with E-state index in [4.69, 9.17) is 24.7 Å². The van der Waals surface area contributed by atoms with Crippen molar-refractivity contribution in [1.29, 1.82) is 5.26 Å². The molecule has 266 valence electrons. The zero-order valence-corrected chi connectivity index (χ0v) is 30.7. The quantitative estimate of drug-likeness (QED) is 0.204. The van der Waals surface area contributed by atoms with E-state index in [-0.39, 0.29) is 18.1 Å². The summed E-state index contributed by atoms with van der Waals surface area (Å²) in [4.78, 5) is 18.9. The summed E-state index contributed by atoms with van der Waals surface area (Å²) < 4.78 is 14.5. The number of nitrogens with zero attached hydrogens (tertiary/aromatic N) is 5.